The molecule has 0 spiro atoms. The van der Waals surface area contributed by atoms with Gasteiger partial charge in [-0.1, -0.05) is 6.07 Å². The summed E-state index contributed by atoms with van der Waals surface area (Å²) in [6.45, 7) is 0.564. The minimum absolute atomic E-state index is 0.0620. The Morgan fingerprint density at radius 2 is 2.33 bits per heavy atom. The van der Waals surface area contributed by atoms with Gasteiger partial charge in [0.25, 0.3) is 0 Å². The zero-order valence-electron chi connectivity index (χ0n) is 6.45. The molecule has 0 atom stereocenters. The quantitative estimate of drug-likeness (QED) is 0.607. The number of hydrogen-bond donors (Lipinski definition) is 1. The van der Waals surface area contributed by atoms with Gasteiger partial charge in [0.2, 0.25) is 5.91 Å². The van der Waals surface area contributed by atoms with Crippen LogP contribution in [0.15, 0.2) is 24.4 Å². The number of nitrogens with one attached hydrogen (secondary N) is 1. The fourth-order valence-electron chi connectivity index (χ4n) is 1.15. The van der Waals surface area contributed by atoms with Crippen LogP contribution >= 0.6 is 0 Å². The fraction of sp³-hybridized carbons (Fsp3) is 0.111. The van der Waals surface area contributed by atoms with Crippen LogP contribution in [0.25, 0.3) is 6.08 Å². The number of aromatic nitrogens is 1. The maximum absolute atomic E-state index is 10.9. The molecule has 0 saturated heterocycles. The van der Waals surface area contributed by atoms with Crippen LogP contribution in [0.5, 0.6) is 0 Å². The normalized spacial score (nSPS) is 14.8. The Kier molecular flexibility index (Phi) is 1.63. The van der Waals surface area contributed by atoms with Gasteiger partial charge >= 0.3 is 0 Å². The van der Waals surface area contributed by atoms with Crippen LogP contribution in [0.3, 0.4) is 0 Å². The first kappa shape index (κ1) is 7.03. The Morgan fingerprint density at radius 3 is 3.25 bits per heavy atom. The van der Waals surface area contributed by atoms with E-state index < -0.39 is 0 Å². The monoisotopic (exact) mass is 160 g/mol. The summed E-state index contributed by atoms with van der Waals surface area (Å²) in [6.07, 6.45) is 4.95. The standard InChI is InChI=1S/C9H8N2O/c12-9-4-3-8-7(6-11-9)2-1-5-10-8/h1-5H,6H2,(H,11,12). The summed E-state index contributed by atoms with van der Waals surface area (Å²) in [5, 5.41) is 2.73. The first-order valence-electron chi connectivity index (χ1n) is 3.76. The maximum atomic E-state index is 10.9. The second-order valence-electron chi connectivity index (χ2n) is 2.60. The van der Waals surface area contributed by atoms with Crippen LogP contribution in [0.2, 0.25) is 0 Å². The highest BCUT2D eigenvalue weighted by Crippen LogP contribution is 2.09. The lowest BCUT2D eigenvalue weighted by Crippen LogP contribution is -2.18. The van der Waals surface area contributed by atoms with E-state index in [1.54, 1.807) is 12.3 Å². The molecule has 0 bridgehead atoms. The molecule has 1 amide bonds. The number of nitrogens with zero attached hydrogens (tertiary/aromatic N) is 1. The van der Waals surface area contributed by atoms with Gasteiger partial charge in [-0.3, -0.25) is 9.78 Å². The van der Waals surface area contributed by atoms with Gasteiger partial charge in [-0.2, -0.15) is 0 Å². The molecule has 1 N–H and O–H groups in total. The maximum Gasteiger partial charge on any atom is 0.244 e. The first-order valence-corrected chi connectivity index (χ1v) is 3.76. The molecular weight excluding hydrogens is 152 g/mol. The minimum Gasteiger partial charge on any atom is -0.348 e. The van der Waals surface area contributed by atoms with E-state index in [9.17, 15) is 4.79 Å². The average molecular weight is 160 g/mol. The molecule has 3 heteroatoms. The fourth-order valence-corrected chi connectivity index (χ4v) is 1.15. The third-order valence-electron chi connectivity index (χ3n) is 1.77. The Bertz CT molecular complexity index is 344. The third kappa shape index (κ3) is 1.21. The molecule has 12 heavy (non-hydrogen) atoms. The lowest BCUT2D eigenvalue weighted by Gasteiger charge is -2.00. The number of carbonyl (C=O) groups is 1. The first-order chi connectivity index (χ1) is 5.86. The lowest BCUT2D eigenvalue weighted by atomic mass is 10.2. The molecule has 0 aliphatic carbocycles. The van der Waals surface area contributed by atoms with Gasteiger partial charge in [-0.15, -0.1) is 0 Å². The molecule has 2 rings (SSSR count). The molecule has 0 saturated carbocycles. The van der Waals surface area contributed by atoms with Crippen LogP contribution in [0.4, 0.5) is 0 Å². The topological polar surface area (TPSA) is 42.0 Å². The van der Waals surface area contributed by atoms with E-state index in [-0.39, 0.29) is 5.91 Å². The Morgan fingerprint density at radius 1 is 1.42 bits per heavy atom. The zero-order chi connectivity index (χ0) is 8.39. The van der Waals surface area contributed by atoms with Crippen molar-refractivity contribution in [3.8, 4) is 0 Å². The van der Waals surface area contributed by atoms with E-state index in [0.29, 0.717) is 6.54 Å². The zero-order valence-corrected chi connectivity index (χ0v) is 6.45. The highest BCUT2D eigenvalue weighted by molar-refractivity contribution is 5.92. The van der Waals surface area contributed by atoms with Gasteiger partial charge in [-0.25, -0.2) is 0 Å². The summed E-state index contributed by atoms with van der Waals surface area (Å²) in [5.41, 5.74) is 1.93. The molecule has 3 nitrogen and oxygen atoms in total. The molecule has 0 aromatic carbocycles. The van der Waals surface area contributed by atoms with Crippen molar-refractivity contribution in [3.05, 3.63) is 35.7 Å². The number of carbonyl (C=O) groups excluding carboxylic acids is 1. The highest BCUT2D eigenvalue weighted by atomic mass is 16.1. The average Bonchev–Trinajstić information content (AvgIpc) is 2.29. The smallest absolute Gasteiger partial charge is 0.244 e. The Balaban J connectivity index is 2.45. The predicted octanol–water partition coefficient (Wildman–Crippen LogP) is 0.725. The van der Waals surface area contributed by atoms with Gasteiger partial charge in [0.05, 0.1) is 5.69 Å². The largest absolute Gasteiger partial charge is 0.348 e. The number of fused-ring (bicyclic) bond motifs is 1. The van der Waals surface area contributed by atoms with Crippen molar-refractivity contribution in [1.82, 2.24) is 10.3 Å². The van der Waals surface area contributed by atoms with E-state index >= 15 is 0 Å². The summed E-state index contributed by atoms with van der Waals surface area (Å²) < 4.78 is 0. The molecule has 60 valence electrons. The predicted molar refractivity (Wildman–Crippen MR) is 45.1 cm³/mol. The lowest BCUT2D eigenvalue weighted by molar-refractivity contribution is -0.116. The van der Waals surface area contributed by atoms with Gasteiger partial charge < -0.3 is 5.32 Å². The van der Waals surface area contributed by atoms with Crippen molar-refractivity contribution in [3.63, 3.8) is 0 Å². The molecule has 2 heterocycles. The van der Waals surface area contributed by atoms with E-state index in [0.717, 1.165) is 11.3 Å². The van der Waals surface area contributed by atoms with E-state index in [1.165, 1.54) is 6.08 Å². The van der Waals surface area contributed by atoms with Crippen molar-refractivity contribution >= 4 is 12.0 Å². The number of amides is 1. The van der Waals surface area contributed by atoms with Crippen LogP contribution in [0, 0.1) is 0 Å². The summed E-state index contributed by atoms with van der Waals surface area (Å²) in [5.74, 6) is -0.0620. The molecule has 0 fully saturated rings. The van der Waals surface area contributed by atoms with E-state index in [2.05, 4.69) is 10.3 Å². The summed E-state index contributed by atoms with van der Waals surface area (Å²) in [6, 6.07) is 3.82. The second kappa shape index (κ2) is 2.77. The van der Waals surface area contributed by atoms with Gasteiger partial charge in [0.1, 0.15) is 0 Å². The second-order valence-corrected chi connectivity index (χ2v) is 2.60. The molecule has 1 aromatic rings. The number of hydrogen-bond acceptors (Lipinski definition) is 2. The van der Waals surface area contributed by atoms with E-state index in [1.807, 2.05) is 12.1 Å². The van der Waals surface area contributed by atoms with Crippen molar-refractivity contribution < 1.29 is 4.79 Å². The van der Waals surface area contributed by atoms with Crippen molar-refractivity contribution in [2.24, 2.45) is 0 Å². The number of pyridine rings is 1. The van der Waals surface area contributed by atoms with Crippen molar-refractivity contribution in [2.45, 2.75) is 6.54 Å². The summed E-state index contributed by atoms with van der Waals surface area (Å²) >= 11 is 0. The van der Waals surface area contributed by atoms with Gasteiger partial charge in [0, 0.05) is 18.8 Å². The minimum atomic E-state index is -0.0620. The van der Waals surface area contributed by atoms with Crippen LogP contribution < -0.4 is 5.32 Å². The highest BCUT2D eigenvalue weighted by Gasteiger charge is 2.05. The number of rotatable bonds is 0. The Labute approximate surface area is 70.1 Å². The molecule has 1 aliphatic heterocycles. The third-order valence-corrected chi connectivity index (χ3v) is 1.77. The van der Waals surface area contributed by atoms with Crippen LogP contribution in [0.1, 0.15) is 11.3 Å². The van der Waals surface area contributed by atoms with Crippen molar-refractivity contribution in [2.75, 3.05) is 0 Å². The van der Waals surface area contributed by atoms with Gasteiger partial charge in [0.15, 0.2) is 0 Å². The Hall–Kier alpha value is -1.64. The van der Waals surface area contributed by atoms with Gasteiger partial charge in [-0.05, 0) is 17.7 Å². The van der Waals surface area contributed by atoms with Crippen LogP contribution in [-0.2, 0) is 11.3 Å². The molecule has 0 radical (unpaired) electrons. The summed E-state index contributed by atoms with van der Waals surface area (Å²) in [4.78, 5) is 15.1. The molecule has 1 aromatic heterocycles. The molecular formula is C9H8N2O. The van der Waals surface area contributed by atoms with Crippen LogP contribution in [-0.4, -0.2) is 10.9 Å². The molecule has 1 aliphatic rings. The summed E-state index contributed by atoms with van der Waals surface area (Å²) in [7, 11) is 0. The molecule has 0 unspecified atom stereocenters. The van der Waals surface area contributed by atoms with E-state index in [4.69, 9.17) is 0 Å². The SMILES string of the molecule is O=C1C=Cc2ncccc2CN1. The van der Waals surface area contributed by atoms with Crippen molar-refractivity contribution in [1.29, 1.82) is 0 Å².